The molecule has 0 aromatic heterocycles. The summed E-state index contributed by atoms with van der Waals surface area (Å²) in [6, 6.07) is 4.95. The molecule has 0 saturated carbocycles. The SMILES string of the molecule is NC(=S)C1CCCN(Cc2ccc(Cl)c(F)c2)C1. The first-order valence-corrected chi connectivity index (χ1v) is 6.80. The average molecular weight is 287 g/mol. The maximum absolute atomic E-state index is 13.3. The second-order valence-corrected chi connectivity index (χ2v) is 5.60. The summed E-state index contributed by atoms with van der Waals surface area (Å²) in [5.74, 6) is -0.0806. The predicted octanol–water partition coefficient (Wildman–Crippen LogP) is 2.98. The van der Waals surface area contributed by atoms with Gasteiger partial charge >= 0.3 is 0 Å². The molecule has 0 spiro atoms. The monoisotopic (exact) mass is 286 g/mol. The number of piperidine rings is 1. The van der Waals surface area contributed by atoms with Gasteiger partial charge in [-0.3, -0.25) is 4.90 Å². The molecule has 1 fully saturated rings. The summed E-state index contributed by atoms with van der Waals surface area (Å²) < 4.78 is 13.3. The van der Waals surface area contributed by atoms with Crippen molar-refractivity contribution in [1.82, 2.24) is 4.90 Å². The Hall–Kier alpha value is -0.710. The van der Waals surface area contributed by atoms with Gasteiger partial charge in [0.15, 0.2) is 0 Å². The molecule has 1 aliphatic rings. The first-order valence-electron chi connectivity index (χ1n) is 6.02. The number of hydrogen-bond acceptors (Lipinski definition) is 2. The summed E-state index contributed by atoms with van der Waals surface area (Å²) in [6.45, 7) is 2.58. The zero-order chi connectivity index (χ0) is 13.1. The number of likely N-dealkylation sites (tertiary alicyclic amines) is 1. The number of nitrogens with zero attached hydrogens (tertiary/aromatic N) is 1. The highest BCUT2D eigenvalue weighted by Gasteiger charge is 2.21. The van der Waals surface area contributed by atoms with E-state index in [2.05, 4.69) is 4.90 Å². The van der Waals surface area contributed by atoms with Gasteiger partial charge in [0.1, 0.15) is 5.82 Å². The second kappa shape index (κ2) is 5.95. The molecule has 1 aromatic carbocycles. The lowest BCUT2D eigenvalue weighted by atomic mass is 9.97. The molecular formula is C13H16ClFN2S. The fourth-order valence-electron chi connectivity index (χ4n) is 2.33. The van der Waals surface area contributed by atoms with Crippen molar-refractivity contribution in [3.8, 4) is 0 Å². The van der Waals surface area contributed by atoms with Crippen molar-refractivity contribution in [2.24, 2.45) is 11.7 Å². The Morgan fingerprint density at radius 2 is 2.33 bits per heavy atom. The van der Waals surface area contributed by atoms with Crippen LogP contribution in [0.5, 0.6) is 0 Å². The summed E-state index contributed by atoms with van der Waals surface area (Å²) in [5.41, 5.74) is 6.63. The van der Waals surface area contributed by atoms with Crippen molar-refractivity contribution in [2.45, 2.75) is 19.4 Å². The lowest BCUT2D eigenvalue weighted by Crippen LogP contribution is -2.40. The molecule has 1 unspecified atom stereocenters. The third-order valence-electron chi connectivity index (χ3n) is 3.30. The number of rotatable bonds is 3. The Kier molecular flexibility index (Phi) is 4.54. The molecule has 1 atom stereocenters. The van der Waals surface area contributed by atoms with Gasteiger partial charge in [-0.05, 0) is 37.1 Å². The van der Waals surface area contributed by atoms with Crippen LogP contribution in [0.4, 0.5) is 4.39 Å². The van der Waals surface area contributed by atoms with Crippen LogP contribution in [0, 0.1) is 11.7 Å². The lowest BCUT2D eigenvalue weighted by molar-refractivity contribution is 0.197. The summed E-state index contributed by atoms with van der Waals surface area (Å²) in [5, 5.41) is 0.165. The predicted molar refractivity (Wildman–Crippen MR) is 76.2 cm³/mol. The molecule has 2 nitrogen and oxygen atoms in total. The number of nitrogens with two attached hydrogens (primary N) is 1. The van der Waals surface area contributed by atoms with E-state index in [1.165, 1.54) is 6.07 Å². The minimum absolute atomic E-state index is 0.165. The molecule has 0 amide bonds. The van der Waals surface area contributed by atoms with Crippen LogP contribution in [0.25, 0.3) is 0 Å². The van der Waals surface area contributed by atoms with Crippen LogP contribution < -0.4 is 5.73 Å². The highest BCUT2D eigenvalue weighted by Crippen LogP contribution is 2.21. The van der Waals surface area contributed by atoms with E-state index in [4.69, 9.17) is 29.6 Å². The van der Waals surface area contributed by atoms with Crippen molar-refractivity contribution in [3.63, 3.8) is 0 Å². The second-order valence-electron chi connectivity index (χ2n) is 4.73. The van der Waals surface area contributed by atoms with E-state index in [9.17, 15) is 4.39 Å². The van der Waals surface area contributed by atoms with E-state index in [0.717, 1.165) is 31.5 Å². The zero-order valence-corrected chi connectivity index (χ0v) is 11.6. The Bertz CT molecular complexity index is 453. The van der Waals surface area contributed by atoms with E-state index < -0.39 is 0 Å². The van der Waals surface area contributed by atoms with E-state index in [1.807, 2.05) is 6.07 Å². The van der Waals surface area contributed by atoms with Crippen LogP contribution in [-0.4, -0.2) is 23.0 Å². The van der Waals surface area contributed by atoms with Crippen molar-refractivity contribution in [2.75, 3.05) is 13.1 Å². The standard InChI is InChI=1S/C13H16ClFN2S/c14-11-4-3-9(6-12(11)15)7-17-5-1-2-10(8-17)13(16)18/h3-4,6,10H,1-2,5,7-8H2,(H2,16,18). The molecule has 18 heavy (non-hydrogen) atoms. The first kappa shape index (κ1) is 13.7. The number of hydrogen-bond donors (Lipinski definition) is 1. The van der Waals surface area contributed by atoms with Gasteiger partial charge in [-0.25, -0.2) is 4.39 Å². The van der Waals surface area contributed by atoms with Crippen LogP contribution in [0.1, 0.15) is 18.4 Å². The summed E-state index contributed by atoms with van der Waals surface area (Å²) >= 11 is 10.7. The molecule has 5 heteroatoms. The molecule has 0 radical (unpaired) electrons. The molecule has 2 rings (SSSR count). The summed E-state index contributed by atoms with van der Waals surface area (Å²) in [6.07, 6.45) is 2.14. The summed E-state index contributed by atoms with van der Waals surface area (Å²) in [7, 11) is 0. The van der Waals surface area contributed by atoms with Crippen LogP contribution in [-0.2, 0) is 6.54 Å². The van der Waals surface area contributed by atoms with Crippen molar-refractivity contribution < 1.29 is 4.39 Å². The largest absolute Gasteiger partial charge is 0.393 e. The van der Waals surface area contributed by atoms with Crippen LogP contribution >= 0.6 is 23.8 Å². The van der Waals surface area contributed by atoms with Crippen LogP contribution in [0.3, 0.4) is 0 Å². The first-order chi connectivity index (χ1) is 8.56. The van der Waals surface area contributed by atoms with E-state index >= 15 is 0 Å². The quantitative estimate of drug-likeness (QED) is 0.866. The molecule has 1 aromatic rings. The molecule has 1 saturated heterocycles. The Labute approximate surface area is 117 Å². The lowest BCUT2D eigenvalue weighted by Gasteiger charge is -2.32. The van der Waals surface area contributed by atoms with Crippen LogP contribution in [0.15, 0.2) is 18.2 Å². The fourth-order valence-corrected chi connectivity index (χ4v) is 2.64. The van der Waals surface area contributed by atoms with E-state index in [-0.39, 0.29) is 16.8 Å². The third-order valence-corrected chi connectivity index (χ3v) is 3.94. The zero-order valence-electron chi connectivity index (χ0n) is 10.0. The van der Waals surface area contributed by atoms with Gasteiger partial charge in [0.05, 0.1) is 10.0 Å². The number of benzene rings is 1. The Balaban J connectivity index is 2.00. The fraction of sp³-hybridized carbons (Fsp3) is 0.462. The number of halogens is 2. The number of thiocarbonyl (C=S) groups is 1. The van der Waals surface area contributed by atoms with Crippen molar-refractivity contribution in [3.05, 3.63) is 34.6 Å². The maximum Gasteiger partial charge on any atom is 0.142 e. The molecule has 1 aliphatic heterocycles. The topological polar surface area (TPSA) is 29.3 Å². The molecule has 98 valence electrons. The van der Waals surface area contributed by atoms with Crippen molar-refractivity contribution >= 4 is 28.8 Å². The third kappa shape index (κ3) is 3.40. The van der Waals surface area contributed by atoms with Crippen molar-refractivity contribution in [1.29, 1.82) is 0 Å². The normalized spacial score (nSPS) is 20.9. The van der Waals surface area contributed by atoms with Gasteiger partial charge in [0.25, 0.3) is 0 Å². The molecular weight excluding hydrogens is 271 g/mol. The Morgan fingerprint density at radius 1 is 1.56 bits per heavy atom. The molecule has 0 bridgehead atoms. The molecule has 0 aliphatic carbocycles. The minimum Gasteiger partial charge on any atom is -0.393 e. The Morgan fingerprint density at radius 3 is 3.00 bits per heavy atom. The average Bonchev–Trinajstić information content (AvgIpc) is 2.34. The molecule has 1 heterocycles. The van der Waals surface area contributed by atoms with Gasteiger partial charge in [0, 0.05) is 19.0 Å². The molecule has 2 N–H and O–H groups in total. The van der Waals surface area contributed by atoms with Gasteiger partial charge in [-0.1, -0.05) is 29.9 Å². The van der Waals surface area contributed by atoms with Gasteiger partial charge in [-0.2, -0.15) is 0 Å². The highest BCUT2D eigenvalue weighted by atomic mass is 35.5. The smallest absolute Gasteiger partial charge is 0.142 e. The minimum atomic E-state index is -0.364. The van der Waals surface area contributed by atoms with Gasteiger partial charge < -0.3 is 5.73 Å². The van der Waals surface area contributed by atoms with Crippen LogP contribution in [0.2, 0.25) is 5.02 Å². The maximum atomic E-state index is 13.3. The van der Waals surface area contributed by atoms with E-state index in [0.29, 0.717) is 11.5 Å². The van der Waals surface area contributed by atoms with Gasteiger partial charge in [0.2, 0.25) is 0 Å². The van der Waals surface area contributed by atoms with Gasteiger partial charge in [-0.15, -0.1) is 0 Å². The summed E-state index contributed by atoms with van der Waals surface area (Å²) in [4.78, 5) is 2.85. The van der Waals surface area contributed by atoms with E-state index in [1.54, 1.807) is 6.07 Å². The highest BCUT2D eigenvalue weighted by molar-refractivity contribution is 7.80.